The van der Waals surface area contributed by atoms with Crippen molar-refractivity contribution in [2.45, 2.75) is 477 Å². The molecule has 15 rings (SSSR count). The van der Waals surface area contributed by atoms with E-state index in [2.05, 4.69) is 60.7 Å². The number of aliphatic hydroxyl groups excluding tert-OH is 19. The maximum Gasteiger partial charge on any atom is 0.187 e. The zero-order valence-corrected chi connectivity index (χ0v) is 78.1. The molecule has 136 heavy (non-hydrogen) atoms. The Bertz CT molecular complexity index is 4200. The number of fused-ring (bicyclic) bond motifs is 8. The molecule has 0 radical (unpaired) electrons. The first-order valence-electron chi connectivity index (χ1n) is 48.5. The van der Waals surface area contributed by atoms with Crippen LogP contribution < -0.4 is 5.73 Å². The van der Waals surface area contributed by atoms with E-state index < -0.39 is 250 Å². The third kappa shape index (κ3) is 25.2. The summed E-state index contributed by atoms with van der Waals surface area (Å²) >= 11 is 18.8. The number of alkyl halides is 2. The van der Waals surface area contributed by atoms with Crippen LogP contribution in [0.15, 0.2) is 60.2 Å². The highest BCUT2D eigenvalue weighted by Gasteiger charge is 2.62. The lowest BCUT2D eigenvalue weighted by atomic mass is 9.81. The van der Waals surface area contributed by atoms with Crippen molar-refractivity contribution in [3.63, 3.8) is 0 Å². The van der Waals surface area contributed by atoms with E-state index in [1.165, 1.54) is 5.54 Å². The van der Waals surface area contributed by atoms with E-state index in [0.717, 1.165) is 32.1 Å². The molecule has 0 spiro atoms. The second kappa shape index (κ2) is 49.0. The van der Waals surface area contributed by atoms with Crippen LogP contribution in [0, 0.1) is 53.8 Å². The van der Waals surface area contributed by atoms with E-state index >= 15 is 0 Å². The molecule has 15 saturated heterocycles. The summed E-state index contributed by atoms with van der Waals surface area (Å²) in [6.07, 6.45) is -25.5. The van der Waals surface area contributed by atoms with E-state index in [4.69, 9.17) is 123 Å². The molecule has 53 atom stereocenters. The number of allylic oxidation sites excluding steroid dienone is 6. The van der Waals surface area contributed by atoms with Gasteiger partial charge in [0.2, 0.25) is 0 Å². The maximum absolute atomic E-state index is 12.0. The largest absolute Gasteiger partial charge is 0.394 e. The predicted molar refractivity (Wildman–Crippen MR) is 481 cm³/mol. The fraction of sp³-hybridized carbons (Fsp3) is 0.814. The molecule has 762 valence electrons. The molecule has 15 fully saturated rings. The Morgan fingerprint density at radius 1 is 0.412 bits per heavy atom. The minimum absolute atomic E-state index is 0.00148. The van der Waals surface area contributed by atoms with Crippen molar-refractivity contribution in [3.8, 4) is 47.9 Å². The summed E-state index contributed by atoms with van der Waals surface area (Å²) in [4.78, 5) is 0. The zero-order valence-electron chi connectivity index (χ0n) is 75.9. The molecule has 0 aliphatic carbocycles. The molecule has 13 unspecified atom stereocenters. The van der Waals surface area contributed by atoms with Gasteiger partial charge in [-0.1, -0.05) is 90.8 Å². The average molecular weight is 1980 g/mol. The number of hydrogen-bond acceptors (Lipinski definition) is 36. The van der Waals surface area contributed by atoms with Gasteiger partial charge in [-0.3, -0.25) is 0 Å². The zero-order chi connectivity index (χ0) is 96.6. The van der Waals surface area contributed by atoms with E-state index in [-0.39, 0.29) is 136 Å². The van der Waals surface area contributed by atoms with Gasteiger partial charge in [0.15, 0.2) is 6.29 Å². The first-order valence-corrected chi connectivity index (χ1v) is 49.8. The molecule has 0 aromatic heterocycles. The third-order valence-electron chi connectivity index (χ3n) is 30.0. The second-order valence-electron chi connectivity index (χ2n) is 39.4. The minimum atomic E-state index is -2.35. The third-order valence-corrected chi connectivity index (χ3v) is 30.9. The Balaban J connectivity index is 0.479. The molecule has 39 heteroatoms. The highest BCUT2D eigenvalue weighted by Crippen LogP contribution is 2.49. The minimum Gasteiger partial charge on any atom is -0.394 e. The number of rotatable bonds is 29. The molecule has 36 nitrogen and oxygen atoms in total. The lowest BCUT2D eigenvalue weighted by Crippen LogP contribution is -2.70. The van der Waals surface area contributed by atoms with Crippen molar-refractivity contribution >= 4 is 34.8 Å². The summed E-state index contributed by atoms with van der Waals surface area (Å²) in [6, 6.07) is 0.00148. The van der Waals surface area contributed by atoms with Crippen LogP contribution in [0.25, 0.3) is 0 Å². The summed E-state index contributed by atoms with van der Waals surface area (Å²) in [5.41, 5.74) is 7.78. The highest BCUT2D eigenvalue weighted by atomic mass is 35.5. The summed E-state index contributed by atoms with van der Waals surface area (Å²) in [7, 11) is 0. The molecule has 0 saturated carbocycles. The topological polar surface area (TPSA) is 558 Å². The first kappa shape index (κ1) is 107. The fourth-order valence-electron chi connectivity index (χ4n) is 22.7. The van der Waals surface area contributed by atoms with Gasteiger partial charge in [-0.15, -0.1) is 35.5 Å². The van der Waals surface area contributed by atoms with E-state index in [1.54, 1.807) is 6.08 Å². The van der Waals surface area contributed by atoms with E-state index in [0.29, 0.717) is 64.2 Å². The van der Waals surface area contributed by atoms with Gasteiger partial charge >= 0.3 is 0 Å². The normalized spacial score (nSPS) is 46.4. The van der Waals surface area contributed by atoms with Crippen molar-refractivity contribution in [1.82, 2.24) is 0 Å². The number of ether oxygens (including phenoxy) is 16. The van der Waals surface area contributed by atoms with Gasteiger partial charge < -0.3 is 179 Å². The van der Waals surface area contributed by atoms with Gasteiger partial charge in [0.1, 0.15) is 122 Å². The van der Waals surface area contributed by atoms with Crippen LogP contribution in [0.1, 0.15) is 161 Å². The molecule has 0 bridgehead atoms. The molecular weight excluding hydrogens is 1850 g/mol. The Morgan fingerprint density at radius 3 is 1.54 bits per heavy atom. The lowest BCUT2D eigenvalue weighted by Gasteiger charge is -2.54. The Labute approximate surface area is 806 Å². The Morgan fingerprint density at radius 2 is 0.875 bits per heavy atom. The Kier molecular flexibility index (Phi) is 38.5. The van der Waals surface area contributed by atoms with Crippen LogP contribution >= 0.6 is 34.8 Å². The van der Waals surface area contributed by atoms with E-state index in [1.807, 2.05) is 36.3 Å². The van der Waals surface area contributed by atoms with Crippen molar-refractivity contribution in [1.29, 1.82) is 0 Å². The number of unbranched alkanes of at least 4 members (excludes halogenated alkanes) is 1. The number of aliphatic hydroxyl groups is 19. The quantitative estimate of drug-likeness (QED) is 0.0175. The number of halogens is 3. The maximum atomic E-state index is 12.0. The standard InChI is InChI=1S/C97H138Cl3NO35/c1-3-4-16-24-48(99)76(110)80(114)81(115)77(111)50(103)36-51(104)89(136-97-86(120)79(113)75(44-102)133-97)52(105)39-71-78(112)82(116)83(117)95(132-71)96-85(119)84(118)94-63(131-96)32-31-62(130-94)91-55(108)40-73-88(134-91)49(100)35-72(127-73)92-56(109)41-74-93(135-92)54(107)37-65(126-74)58-27-28-59-64(122-58)34-45(2)87(128-59)60-29-30-61-90(129-60)53(106)38-66-68(124-61)43-69-70(125-66)42-67-57(123-69)26-25-47(121-67)23-19-15-18-22-46(101)21-17-13-11-9-7-5-6-8-10-12-14-20-33-98/h1,9,11,13,15,17-20,23,33,45-97,102-120H,7-8,10,21-22,24-32,34-44,101H2,2H3/b11-9+,17-13+,18-15+,23-19+,33-20+/t45-,46?,47+,48?,49+,50?,51?,52-,53+,54+,55-,56+,57+,58-,59+,60+,61-,62-,63+,64-,65-,66-,67-,68+,69-,70+,71-,72-,73-,74-,75?,76?,77?,78-,79?,80?,81?,82-,83+,84+,85-,86?,87+,88+,89?,90+,91+,92+,93+,94+,95-,96+,97?/m1/s1. The molecule has 0 amide bonds. The van der Waals surface area contributed by atoms with Crippen LogP contribution in [-0.2, 0) is 75.8 Å². The van der Waals surface area contributed by atoms with Crippen molar-refractivity contribution < 1.29 is 173 Å². The van der Waals surface area contributed by atoms with Crippen LogP contribution in [0.3, 0.4) is 0 Å². The SMILES string of the molecule is C#CC#CCC(Cl)C(O)C(O)C(O)C(O)C(O)CC(O)C(OC1OC(CO)C(O)C1O)[C@H](O)C[C@H]1O[C@@H]([C@H]2O[C@H]3CC[C@H]([C@H]4O[C@H]5[C@@H](Cl)C[C@H]([C@H]6O[C@H]7[C@@H](O)C[C@H]([C@H]8CC[C@@H]9O[C@H]([C@@H]%10CC[C@H]%11O[C@H]%12C[C@H]%13O[C@H]%14CC[C@H](/C=C/C=C/CC(N)C/C=C/C=C/CC#CCCC#C/C=C/Cl)O[C@@H]%14C[C@@H]%13O[C@@H]%12C[C@H](O)[C@@H]%11O%10)[C@H](C)C[C@H]9O8)O[C@@H]7C[C@@H]6O)O[C@@H]5C[C@H]4O)O[C@@H]3[C@@H](O)[C@H]2O)[C@@H](O)[C@H](O)[C@@H]1O. The molecule has 21 N–H and O–H groups in total. The van der Waals surface area contributed by atoms with Crippen LogP contribution in [-0.4, -0.2) is 420 Å². The summed E-state index contributed by atoms with van der Waals surface area (Å²) in [5.74, 6) is 18.8. The number of hydrogen-bond donors (Lipinski definition) is 20. The van der Waals surface area contributed by atoms with Gasteiger partial charge in [-0.05, 0) is 101 Å². The molecule has 0 aromatic rings. The smallest absolute Gasteiger partial charge is 0.187 e. The highest BCUT2D eigenvalue weighted by molar-refractivity contribution is 6.25. The molecule has 15 aliphatic heterocycles. The van der Waals surface area contributed by atoms with Gasteiger partial charge in [-0.25, -0.2) is 0 Å². The average Bonchev–Trinajstić information content (AvgIpc) is 0.878. The van der Waals surface area contributed by atoms with Gasteiger partial charge in [0.25, 0.3) is 0 Å². The summed E-state index contributed by atoms with van der Waals surface area (Å²) in [5, 5.41) is 212. The van der Waals surface area contributed by atoms with Crippen molar-refractivity contribution in [3.05, 3.63) is 60.2 Å². The number of terminal acetylenes is 1. The summed E-state index contributed by atoms with van der Waals surface area (Å²) in [6.45, 7) is 1.30. The molecule has 15 aliphatic rings. The number of nitrogens with two attached hydrogens (primary N) is 1. The molecule has 15 heterocycles. The summed E-state index contributed by atoms with van der Waals surface area (Å²) < 4.78 is 104. The van der Waals surface area contributed by atoms with Crippen molar-refractivity contribution in [2.75, 3.05) is 6.61 Å². The van der Waals surface area contributed by atoms with Crippen LogP contribution in [0.5, 0.6) is 0 Å². The second-order valence-corrected chi connectivity index (χ2v) is 40.8. The predicted octanol–water partition coefficient (Wildman–Crippen LogP) is -1.51. The lowest BCUT2D eigenvalue weighted by molar-refractivity contribution is -0.329. The Hall–Kier alpha value is -3.63. The fourth-order valence-corrected chi connectivity index (χ4v) is 23.4. The first-order chi connectivity index (χ1) is 65.4. The van der Waals surface area contributed by atoms with Crippen LogP contribution in [0.4, 0.5) is 0 Å². The van der Waals surface area contributed by atoms with Crippen LogP contribution in [0.2, 0.25) is 0 Å². The monoisotopic (exact) mass is 1980 g/mol. The van der Waals surface area contributed by atoms with E-state index in [9.17, 15) is 97.0 Å². The molecular formula is C97H138Cl3NO35. The van der Waals surface area contributed by atoms with Gasteiger partial charge in [-0.2, -0.15) is 0 Å². The van der Waals surface area contributed by atoms with Gasteiger partial charge in [0.05, 0.1) is 188 Å². The molecule has 0 aromatic carbocycles. The van der Waals surface area contributed by atoms with Crippen molar-refractivity contribution in [2.24, 2.45) is 11.7 Å². The van der Waals surface area contributed by atoms with Gasteiger partial charge in [0, 0.05) is 88.6 Å².